The van der Waals surface area contributed by atoms with E-state index in [1.807, 2.05) is 15.9 Å². The van der Waals surface area contributed by atoms with E-state index in [9.17, 15) is 9.59 Å². The molecule has 1 aliphatic carbocycles. The number of carbonyl (C=O) groups is 2. The van der Waals surface area contributed by atoms with E-state index in [2.05, 4.69) is 23.1 Å². The first kappa shape index (κ1) is 18.8. The predicted molar refractivity (Wildman–Crippen MR) is 119 cm³/mol. The van der Waals surface area contributed by atoms with Crippen molar-refractivity contribution in [3.63, 3.8) is 0 Å². The fourth-order valence-corrected chi connectivity index (χ4v) is 5.29. The molecule has 0 bridgehead atoms. The number of hydrogen-bond donors (Lipinski definition) is 0. The minimum Gasteiger partial charge on any atom is -0.339 e. The van der Waals surface area contributed by atoms with Gasteiger partial charge in [0.2, 0.25) is 0 Å². The Kier molecular flexibility index (Phi) is 4.47. The summed E-state index contributed by atoms with van der Waals surface area (Å²) >= 11 is 0. The number of nitrogens with zero attached hydrogens (tertiary/aromatic N) is 4. The van der Waals surface area contributed by atoms with Crippen molar-refractivity contribution in [2.45, 2.75) is 57.5 Å². The molecule has 160 valence electrons. The summed E-state index contributed by atoms with van der Waals surface area (Å²) in [7, 11) is 0. The average molecular weight is 417 g/mol. The summed E-state index contributed by atoms with van der Waals surface area (Å²) < 4.78 is 0. The van der Waals surface area contributed by atoms with Crippen LogP contribution in [-0.2, 0) is 13.0 Å². The van der Waals surface area contributed by atoms with Crippen LogP contribution < -0.4 is 4.90 Å². The van der Waals surface area contributed by atoms with Crippen molar-refractivity contribution in [1.82, 2.24) is 14.8 Å². The second-order valence-corrected chi connectivity index (χ2v) is 9.32. The molecule has 6 nitrogen and oxygen atoms in total. The van der Waals surface area contributed by atoms with Gasteiger partial charge in [-0.25, -0.2) is 4.98 Å². The number of hydrogen-bond acceptors (Lipinski definition) is 4. The van der Waals surface area contributed by atoms with Crippen LogP contribution in [0, 0.1) is 0 Å². The van der Waals surface area contributed by atoms with E-state index < -0.39 is 0 Å². The molecule has 3 aliphatic heterocycles. The van der Waals surface area contributed by atoms with E-state index in [-0.39, 0.29) is 11.8 Å². The van der Waals surface area contributed by atoms with Crippen LogP contribution in [-0.4, -0.2) is 52.3 Å². The lowest BCUT2D eigenvalue weighted by atomic mass is 10.0. The van der Waals surface area contributed by atoms with Gasteiger partial charge in [0.1, 0.15) is 5.82 Å². The van der Waals surface area contributed by atoms with Gasteiger partial charge in [0.15, 0.2) is 0 Å². The quantitative estimate of drug-likeness (QED) is 0.761. The summed E-state index contributed by atoms with van der Waals surface area (Å²) in [6, 6.07) is 8.70. The number of amides is 2. The van der Waals surface area contributed by atoms with Crippen LogP contribution in [0.5, 0.6) is 0 Å². The van der Waals surface area contributed by atoms with Crippen LogP contribution in [0.25, 0.3) is 0 Å². The van der Waals surface area contributed by atoms with Gasteiger partial charge in [-0.2, -0.15) is 0 Å². The molecule has 0 unspecified atom stereocenters. The minimum atomic E-state index is 0.114. The maximum atomic E-state index is 12.9. The Morgan fingerprint density at radius 1 is 0.968 bits per heavy atom. The summed E-state index contributed by atoms with van der Waals surface area (Å²) in [6.45, 7) is 3.34. The van der Waals surface area contributed by atoms with Crippen LogP contribution in [0.2, 0.25) is 0 Å². The molecule has 0 radical (unpaired) electrons. The van der Waals surface area contributed by atoms with Gasteiger partial charge in [-0.15, -0.1) is 0 Å². The van der Waals surface area contributed by atoms with Gasteiger partial charge in [-0.05, 0) is 80.3 Å². The molecule has 2 aromatic rings. The van der Waals surface area contributed by atoms with Crippen molar-refractivity contribution in [3.8, 4) is 0 Å². The Labute approximate surface area is 182 Å². The first-order chi connectivity index (χ1) is 15.2. The Hall–Kier alpha value is -2.89. The van der Waals surface area contributed by atoms with Gasteiger partial charge < -0.3 is 14.7 Å². The zero-order valence-electron chi connectivity index (χ0n) is 17.8. The third-order valence-electron chi connectivity index (χ3n) is 7.14. The van der Waals surface area contributed by atoms with E-state index >= 15 is 0 Å². The largest absolute Gasteiger partial charge is 0.339 e. The number of pyridine rings is 1. The zero-order chi connectivity index (χ0) is 20.9. The molecule has 4 heterocycles. The summed E-state index contributed by atoms with van der Waals surface area (Å²) in [6.07, 6.45) is 9.39. The summed E-state index contributed by atoms with van der Waals surface area (Å²) in [5.41, 5.74) is 4.92. The highest BCUT2D eigenvalue weighted by molar-refractivity contribution is 5.99. The summed E-state index contributed by atoms with van der Waals surface area (Å²) in [5, 5.41) is 0. The third kappa shape index (κ3) is 3.29. The normalized spacial score (nSPS) is 20.6. The van der Waals surface area contributed by atoms with Crippen LogP contribution >= 0.6 is 0 Å². The van der Waals surface area contributed by atoms with Gasteiger partial charge in [0.25, 0.3) is 11.8 Å². The number of aromatic nitrogens is 1. The molecule has 1 aromatic carbocycles. The Bertz CT molecular complexity index is 1060. The van der Waals surface area contributed by atoms with Crippen LogP contribution in [0.4, 0.5) is 11.5 Å². The Morgan fingerprint density at radius 2 is 1.81 bits per heavy atom. The van der Waals surface area contributed by atoms with E-state index in [1.165, 1.54) is 6.42 Å². The topological polar surface area (TPSA) is 56.8 Å². The lowest BCUT2D eigenvalue weighted by Crippen LogP contribution is -2.36. The van der Waals surface area contributed by atoms with Crippen molar-refractivity contribution < 1.29 is 9.59 Å². The zero-order valence-corrected chi connectivity index (χ0v) is 17.8. The van der Waals surface area contributed by atoms with Crippen molar-refractivity contribution >= 4 is 23.3 Å². The van der Waals surface area contributed by atoms with E-state index in [4.69, 9.17) is 4.98 Å². The number of carbonyl (C=O) groups excluding carboxylic acids is 2. The van der Waals surface area contributed by atoms with Crippen molar-refractivity contribution in [3.05, 3.63) is 52.7 Å². The molecule has 31 heavy (non-hydrogen) atoms. The van der Waals surface area contributed by atoms with E-state index in [1.54, 1.807) is 6.20 Å². The Balaban J connectivity index is 1.27. The maximum Gasteiger partial charge on any atom is 0.255 e. The molecular weight excluding hydrogens is 388 g/mol. The summed E-state index contributed by atoms with van der Waals surface area (Å²) in [4.78, 5) is 36.6. The van der Waals surface area contributed by atoms with Crippen molar-refractivity contribution in [2.75, 3.05) is 24.5 Å². The van der Waals surface area contributed by atoms with Gasteiger partial charge >= 0.3 is 0 Å². The van der Waals surface area contributed by atoms with Gasteiger partial charge in [0.05, 0.1) is 5.56 Å². The number of benzene rings is 1. The molecule has 1 saturated carbocycles. The number of rotatable bonds is 3. The predicted octanol–water partition coefficient (Wildman–Crippen LogP) is 3.91. The number of aryl methyl sites for hydroxylation is 1. The van der Waals surface area contributed by atoms with Crippen LogP contribution in [0.1, 0.15) is 70.4 Å². The highest BCUT2D eigenvalue weighted by atomic mass is 16.2. The van der Waals surface area contributed by atoms with Gasteiger partial charge in [-0.1, -0.05) is 0 Å². The second-order valence-electron chi connectivity index (χ2n) is 9.32. The second kappa shape index (κ2) is 7.36. The molecule has 2 amide bonds. The molecular formula is C25H28N4O2. The number of fused-ring (bicyclic) bond motifs is 2. The monoisotopic (exact) mass is 416 g/mol. The van der Waals surface area contributed by atoms with Gasteiger partial charge in [0, 0.05) is 49.7 Å². The standard InChI is InChI=1S/C25H28N4O2/c30-24(27-10-2-1-3-11-27)18-13-17-5-4-12-28(23(17)26-15-18)21-8-9-22-19(14-21)16-29(25(22)31)20-6-7-20/h8-9,13-15,20H,1-7,10-12,16H2. The maximum absolute atomic E-state index is 12.9. The molecule has 4 aliphatic rings. The number of anilines is 2. The van der Waals surface area contributed by atoms with Crippen LogP contribution in [0.15, 0.2) is 30.5 Å². The Morgan fingerprint density at radius 3 is 2.61 bits per heavy atom. The minimum absolute atomic E-state index is 0.114. The molecule has 0 spiro atoms. The molecule has 1 saturated heterocycles. The van der Waals surface area contributed by atoms with Gasteiger partial charge in [-0.3, -0.25) is 9.59 Å². The first-order valence-corrected chi connectivity index (χ1v) is 11.7. The van der Waals surface area contributed by atoms with Crippen molar-refractivity contribution in [1.29, 1.82) is 0 Å². The molecule has 6 rings (SSSR count). The average Bonchev–Trinajstić information content (AvgIpc) is 3.61. The molecule has 0 N–H and O–H groups in total. The van der Waals surface area contributed by atoms with Crippen molar-refractivity contribution in [2.24, 2.45) is 0 Å². The van der Waals surface area contributed by atoms with E-state index in [0.717, 1.165) is 92.9 Å². The fourth-order valence-electron chi connectivity index (χ4n) is 5.29. The fraction of sp³-hybridized carbons (Fsp3) is 0.480. The highest BCUT2D eigenvalue weighted by Crippen LogP contribution is 2.38. The smallest absolute Gasteiger partial charge is 0.255 e. The molecule has 0 atom stereocenters. The molecule has 6 heteroatoms. The van der Waals surface area contributed by atoms with Crippen LogP contribution in [0.3, 0.4) is 0 Å². The number of piperidine rings is 1. The van der Waals surface area contributed by atoms with E-state index in [0.29, 0.717) is 11.6 Å². The lowest BCUT2D eigenvalue weighted by Gasteiger charge is -2.31. The SMILES string of the molecule is O=C(c1cnc2c(c1)CCCN2c1ccc2c(c1)CN(C1CC1)C2=O)N1CCCCC1. The first-order valence-electron chi connectivity index (χ1n) is 11.7. The molecule has 2 fully saturated rings. The lowest BCUT2D eigenvalue weighted by molar-refractivity contribution is 0.0722. The summed E-state index contributed by atoms with van der Waals surface area (Å²) in [5.74, 6) is 1.25. The third-order valence-corrected chi connectivity index (χ3v) is 7.14. The highest BCUT2D eigenvalue weighted by Gasteiger charge is 2.38. The molecule has 1 aromatic heterocycles. The number of likely N-dealkylation sites (tertiary alicyclic amines) is 1.